The summed E-state index contributed by atoms with van der Waals surface area (Å²) in [5, 5.41) is 4.03. The summed E-state index contributed by atoms with van der Waals surface area (Å²) in [5.74, 6) is 0.251. The summed E-state index contributed by atoms with van der Waals surface area (Å²) in [7, 11) is 3.34. The molecule has 0 radical (unpaired) electrons. The van der Waals surface area contributed by atoms with Crippen LogP contribution in [-0.4, -0.2) is 43.1 Å². The first kappa shape index (κ1) is 17.3. The monoisotopic (exact) mass is 329 g/mol. The molecule has 1 aromatic heterocycles. The number of hydrogen-bond donors (Lipinski definition) is 1. The Labute approximate surface area is 139 Å². The van der Waals surface area contributed by atoms with Gasteiger partial charge in [0.05, 0.1) is 12.0 Å². The highest BCUT2D eigenvalue weighted by atomic mass is 16.5. The Morgan fingerprint density at radius 3 is 2.50 bits per heavy atom. The number of amides is 2. The van der Waals surface area contributed by atoms with Gasteiger partial charge in [0.15, 0.2) is 12.4 Å². The molecular weight excluding hydrogens is 310 g/mol. The molecule has 0 bridgehead atoms. The first-order valence-corrected chi connectivity index (χ1v) is 7.29. The molecule has 0 fully saturated rings. The molecule has 0 saturated heterocycles. The van der Waals surface area contributed by atoms with Crippen molar-refractivity contribution < 1.29 is 18.7 Å². The maximum absolute atomic E-state index is 11.7. The molecule has 1 N–H and O–H groups in total. The van der Waals surface area contributed by atoms with Crippen molar-refractivity contribution in [2.24, 2.45) is 5.10 Å². The summed E-state index contributed by atoms with van der Waals surface area (Å²) < 4.78 is 10.4. The number of likely N-dealkylation sites (N-methyl/N-ethyl adjacent to an activating group) is 1. The zero-order valence-electron chi connectivity index (χ0n) is 13.8. The Morgan fingerprint density at radius 1 is 1.21 bits per heavy atom. The maximum atomic E-state index is 11.7. The Kier molecular flexibility index (Phi) is 5.73. The van der Waals surface area contributed by atoms with Gasteiger partial charge in [-0.05, 0) is 48.9 Å². The molecule has 0 spiro atoms. The zero-order chi connectivity index (χ0) is 17.5. The highest BCUT2D eigenvalue weighted by Crippen LogP contribution is 2.13. The van der Waals surface area contributed by atoms with E-state index in [1.807, 2.05) is 0 Å². The number of carbonyl (C=O) groups excluding carboxylic acids is 2. The quantitative estimate of drug-likeness (QED) is 0.648. The van der Waals surface area contributed by atoms with Crippen LogP contribution in [-0.2, 0) is 4.79 Å². The van der Waals surface area contributed by atoms with E-state index in [1.165, 1.54) is 11.2 Å². The Morgan fingerprint density at radius 2 is 1.92 bits per heavy atom. The van der Waals surface area contributed by atoms with Gasteiger partial charge in [0.2, 0.25) is 0 Å². The number of ether oxygens (including phenoxy) is 1. The van der Waals surface area contributed by atoms with Crippen LogP contribution in [0.15, 0.2) is 52.2 Å². The molecule has 0 aliphatic heterocycles. The van der Waals surface area contributed by atoms with E-state index >= 15 is 0 Å². The van der Waals surface area contributed by atoms with Crippen molar-refractivity contribution in [3.8, 4) is 5.75 Å². The average molecular weight is 329 g/mol. The van der Waals surface area contributed by atoms with Gasteiger partial charge in [0, 0.05) is 14.1 Å². The molecule has 0 unspecified atom stereocenters. The molecule has 0 saturated carbocycles. The fourth-order valence-electron chi connectivity index (χ4n) is 1.73. The van der Waals surface area contributed by atoms with Gasteiger partial charge >= 0.3 is 5.91 Å². The molecule has 24 heavy (non-hydrogen) atoms. The van der Waals surface area contributed by atoms with Crippen molar-refractivity contribution in [3.05, 3.63) is 54.0 Å². The van der Waals surface area contributed by atoms with E-state index in [-0.39, 0.29) is 18.3 Å². The molecule has 0 aliphatic carbocycles. The minimum atomic E-state index is -0.415. The normalized spacial score (nSPS) is 11.0. The summed E-state index contributed by atoms with van der Waals surface area (Å²) in [6.45, 7) is 1.76. The van der Waals surface area contributed by atoms with Crippen molar-refractivity contribution in [2.45, 2.75) is 6.92 Å². The van der Waals surface area contributed by atoms with Crippen LogP contribution in [0.25, 0.3) is 0 Å². The topological polar surface area (TPSA) is 84.1 Å². The van der Waals surface area contributed by atoms with Gasteiger partial charge in [-0.25, -0.2) is 5.43 Å². The van der Waals surface area contributed by atoms with Crippen molar-refractivity contribution in [1.29, 1.82) is 0 Å². The average Bonchev–Trinajstić information content (AvgIpc) is 3.12. The van der Waals surface area contributed by atoms with E-state index in [1.54, 1.807) is 57.4 Å². The Bertz CT molecular complexity index is 719. The molecule has 126 valence electrons. The van der Waals surface area contributed by atoms with E-state index in [0.29, 0.717) is 11.5 Å². The first-order chi connectivity index (χ1) is 11.5. The summed E-state index contributed by atoms with van der Waals surface area (Å²) in [6, 6.07) is 10.3. The van der Waals surface area contributed by atoms with Gasteiger partial charge in [0.1, 0.15) is 5.75 Å². The van der Waals surface area contributed by atoms with Crippen LogP contribution in [0, 0.1) is 0 Å². The number of nitrogens with zero attached hydrogens (tertiary/aromatic N) is 2. The van der Waals surface area contributed by atoms with Gasteiger partial charge in [-0.2, -0.15) is 5.10 Å². The lowest BCUT2D eigenvalue weighted by molar-refractivity contribution is -0.130. The molecule has 0 atom stereocenters. The second-order valence-corrected chi connectivity index (χ2v) is 5.22. The van der Waals surface area contributed by atoms with Gasteiger partial charge in [-0.3, -0.25) is 9.59 Å². The second kappa shape index (κ2) is 7.96. The Hall–Kier alpha value is -3.09. The number of hydrazone groups is 1. The van der Waals surface area contributed by atoms with Gasteiger partial charge < -0.3 is 14.1 Å². The fraction of sp³-hybridized carbons (Fsp3) is 0.235. The molecule has 2 aromatic rings. The summed E-state index contributed by atoms with van der Waals surface area (Å²) in [6.07, 6.45) is 1.42. The van der Waals surface area contributed by atoms with Gasteiger partial charge in [-0.1, -0.05) is 0 Å². The molecule has 2 amide bonds. The predicted molar refractivity (Wildman–Crippen MR) is 89.0 cm³/mol. The van der Waals surface area contributed by atoms with Crippen LogP contribution in [0.2, 0.25) is 0 Å². The van der Waals surface area contributed by atoms with E-state index in [2.05, 4.69) is 10.5 Å². The fourth-order valence-corrected chi connectivity index (χ4v) is 1.73. The smallest absolute Gasteiger partial charge is 0.307 e. The standard InChI is InChI=1S/C17H19N3O4/c1-12(18-19-17(22)15-5-4-10-23-15)13-6-8-14(9-7-13)24-11-16(21)20(2)3/h4-10H,11H2,1-3H3,(H,19,22)/b18-12-. The van der Waals surface area contributed by atoms with Gasteiger partial charge in [0.25, 0.3) is 5.91 Å². The third-order valence-electron chi connectivity index (χ3n) is 3.20. The highest BCUT2D eigenvalue weighted by Gasteiger charge is 2.08. The Balaban J connectivity index is 1.93. The number of nitrogens with one attached hydrogen (secondary N) is 1. The lowest BCUT2D eigenvalue weighted by atomic mass is 10.1. The van der Waals surface area contributed by atoms with E-state index in [4.69, 9.17) is 9.15 Å². The molecule has 0 aliphatic rings. The zero-order valence-corrected chi connectivity index (χ0v) is 13.8. The number of furan rings is 1. The van der Waals surface area contributed by atoms with Crippen LogP contribution >= 0.6 is 0 Å². The molecule has 7 heteroatoms. The van der Waals surface area contributed by atoms with Crippen molar-refractivity contribution in [3.63, 3.8) is 0 Å². The first-order valence-electron chi connectivity index (χ1n) is 7.29. The molecule has 1 heterocycles. The predicted octanol–water partition coefficient (Wildman–Crippen LogP) is 1.90. The minimum Gasteiger partial charge on any atom is -0.484 e. The van der Waals surface area contributed by atoms with Crippen LogP contribution in [0.4, 0.5) is 0 Å². The molecular formula is C17H19N3O4. The molecule has 1 aromatic carbocycles. The second-order valence-electron chi connectivity index (χ2n) is 5.22. The van der Waals surface area contributed by atoms with Crippen LogP contribution < -0.4 is 10.2 Å². The molecule has 7 nitrogen and oxygen atoms in total. The van der Waals surface area contributed by atoms with E-state index in [0.717, 1.165) is 5.56 Å². The molecule has 2 rings (SSSR count). The van der Waals surface area contributed by atoms with Crippen LogP contribution in [0.3, 0.4) is 0 Å². The third kappa shape index (κ3) is 4.70. The van der Waals surface area contributed by atoms with Crippen molar-refractivity contribution in [1.82, 2.24) is 10.3 Å². The number of hydrogen-bond acceptors (Lipinski definition) is 5. The lowest BCUT2D eigenvalue weighted by Crippen LogP contribution is -2.27. The highest BCUT2D eigenvalue weighted by molar-refractivity contribution is 6.00. The van der Waals surface area contributed by atoms with E-state index in [9.17, 15) is 9.59 Å². The third-order valence-corrected chi connectivity index (χ3v) is 3.20. The number of benzene rings is 1. The number of carbonyl (C=O) groups is 2. The van der Waals surface area contributed by atoms with Crippen LogP contribution in [0.5, 0.6) is 5.75 Å². The van der Waals surface area contributed by atoms with E-state index < -0.39 is 5.91 Å². The lowest BCUT2D eigenvalue weighted by Gasteiger charge is -2.11. The summed E-state index contributed by atoms with van der Waals surface area (Å²) >= 11 is 0. The van der Waals surface area contributed by atoms with Gasteiger partial charge in [-0.15, -0.1) is 0 Å². The van der Waals surface area contributed by atoms with Crippen molar-refractivity contribution in [2.75, 3.05) is 20.7 Å². The number of rotatable bonds is 6. The van der Waals surface area contributed by atoms with Crippen LogP contribution in [0.1, 0.15) is 23.0 Å². The maximum Gasteiger partial charge on any atom is 0.307 e. The summed E-state index contributed by atoms with van der Waals surface area (Å²) in [4.78, 5) is 24.7. The minimum absolute atomic E-state index is 0.0153. The largest absolute Gasteiger partial charge is 0.484 e. The summed E-state index contributed by atoms with van der Waals surface area (Å²) in [5.41, 5.74) is 3.88. The SMILES string of the molecule is C/C(=N/NC(=O)c1ccco1)c1ccc(OCC(=O)N(C)C)cc1. The van der Waals surface area contributed by atoms with Crippen molar-refractivity contribution >= 4 is 17.5 Å².